The maximum absolute atomic E-state index is 8.45. The van der Waals surface area contributed by atoms with Crippen LogP contribution >= 0.6 is 0 Å². The van der Waals surface area contributed by atoms with Crippen LogP contribution in [0.5, 0.6) is 0 Å². The molecule has 0 heterocycles. The minimum Gasteiger partial charge on any atom is -0.395 e. The van der Waals surface area contributed by atoms with Gasteiger partial charge in [-0.3, -0.25) is 0 Å². The molecule has 0 aromatic carbocycles. The van der Waals surface area contributed by atoms with Crippen LogP contribution in [0.3, 0.4) is 0 Å². The highest BCUT2D eigenvalue weighted by atomic mass is 16.5. The van der Waals surface area contributed by atoms with Crippen LogP contribution in [-0.4, -0.2) is 64.9 Å². The van der Waals surface area contributed by atoms with E-state index >= 15 is 0 Å². The van der Waals surface area contributed by atoms with E-state index in [1.165, 1.54) is 0 Å². The zero-order chi connectivity index (χ0) is 10.5. The third kappa shape index (κ3) is 11.8. The van der Waals surface area contributed by atoms with E-state index in [9.17, 15) is 0 Å². The smallest absolute Gasteiger partial charge is 0.0701 e. The first kappa shape index (κ1) is 13.8. The van der Waals surface area contributed by atoms with Crippen molar-refractivity contribution in [1.29, 1.82) is 0 Å². The van der Waals surface area contributed by atoms with Gasteiger partial charge < -0.3 is 24.6 Å². The van der Waals surface area contributed by atoms with Crippen molar-refractivity contribution in [2.45, 2.75) is 0 Å². The Bertz CT molecular complexity index is 90.8. The molecule has 86 valence electrons. The predicted octanol–water partition coefficient (Wildman–Crippen LogP) is -0.752. The van der Waals surface area contributed by atoms with E-state index in [1.807, 2.05) is 0 Å². The summed E-state index contributed by atoms with van der Waals surface area (Å²) >= 11 is 0. The molecule has 0 bridgehead atoms. The lowest BCUT2D eigenvalue weighted by atomic mass is 10.6. The Kier molecular flexibility index (Phi) is 12.6. The zero-order valence-corrected chi connectivity index (χ0v) is 8.83. The fraction of sp³-hybridized carbons (Fsp3) is 1.00. The van der Waals surface area contributed by atoms with Crippen molar-refractivity contribution < 1.29 is 19.3 Å². The Morgan fingerprint density at radius 1 is 0.929 bits per heavy atom. The van der Waals surface area contributed by atoms with Gasteiger partial charge in [-0.15, -0.1) is 0 Å². The molecular weight excluding hydrogens is 186 g/mol. The van der Waals surface area contributed by atoms with E-state index in [4.69, 9.17) is 19.3 Å². The van der Waals surface area contributed by atoms with Crippen molar-refractivity contribution in [3.63, 3.8) is 0 Å². The summed E-state index contributed by atoms with van der Waals surface area (Å²) in [7, 11) is 1.65. The number of aliphatic hydroxyl groups is 1. The molecule has 0 saturated heterocycles. The van der Waals surface area contributed by atoms with Crippen molar-refractivity contribution >= 4 is 0 Å². The molecule has 0 atom stereocenters. The van der Waals surface area contributed by atoms with Crippen LogP contribution in [0, 0.1) is 0 Å². The van der Waals surface area contributed by atoms with Crippen LogP contribution in [0.1, 0.15) is 0 Å². The van der Waals surface area contributed by atoms with Crippen molar-refractivity contribution in [3.05, 3.63) is 0 Å². The van der Waals surface area contributed by atoms with Gasteiger partial charge in [0.05, 0.1) is 39.6 Å². The number of methoxy groups -OCH3 is 1. The molecule has 0 aromatic rings. The van der Waals surface area contributed by atoms with Gasteiger partial charge in [-0.05, 0) is 0 Å². The molecule has 0 fully saturated rings. The standard InChI is InChI=1S/C9H21NO4/c1-12-6-7-14-9-8-13-5-3-10-2-4-11/h10-11H,2-9H2,1H3. The molecule has 0 radical (unpaired) electrons. The summed E-state index contributed by atoms with van der Waals surface area (Å²) in [6, 6.07) is 0. The second-order valence-corrected chi connectivity index (χ2v) is 2.69. The van der Waals surface area contributed by atoms with Gasteiger partial charge in [-0.2, -0.15) is 0 Å². The number of nitrogens with one attached hydrogen (secondary N) is 1. The van der Waals surface area contributed by atoms with Gasteiger partial charge in [0.25, 0.3) is 0 Å². The van der Waals surface area contributed by atoms with Crippen molar-refractivity contribution in [1.82, 2.24) is 5.32 Å². The van der Waals surface area contributed by atoms with Gasteiger partial charge in [0, 0.05) is 20.2 Å². The van der Waals surface area contributed by atoms with Crippen molar-refractivity contribution in [2.24, 2.45) is 0 Å². The Hall–Kier alpha value is -0.200. The normalized spacial score (nSPS) is 10.7. The minimum absolute atomic E-state index is 0.167. The summed E-state index contributed by atoms with van der Waals surface area (Å²) in [5, 5.41) is 11.5. The van der Waals surface area contributed by atoms with Crippen LogP contribution in [0.4, 0.5) is 0 Å². The van der Waals surface area contributed by atoms with Gasteiger partial charge in [-0.1, -0.05) is 0 Å². The third-order valence-electron chi connectivity index (χ3n) is 1.52. The SMILES string of the molecule is COCCOCCOCCNCCO. The fourth-order valence-electron chi connectivity index (χ4n) is 0.813. The van der Waals surface area contributed by atoms with Crippen LogP contribution in [0.2, 0.25) is 0 Å². The minimum atomic E-state index is 0.167. The molecule has 0 aromatic heterocycles. The first-order valence-electron chi connectivity index (χ1n) is 4.87. The summed E-state index contributed by atoms with van der Waals surface area (Å²) in [6.45, 7) is 4.63. The van der Waals surface area contributed by atoms with Gasteiger partial charge in [0.15, 0.2) is 0 Å². The summed E-state index contributed by atoms with van der Waals surface area (Å²) in [6.07, 6.45) is 0. The Morgan fingerprint density at radius 2 is 1.57 bits per heavy atom. The van der Waals surface area contributed by atoms with Crippen LogP contribution in [0.15, 0.2) is 0 Å². The Balaban J connectivity index is 2.78. The molecule has 0 spiro atoms. The summed E-state index contributed by atoms with van der Waals surface area (Å²) in [5.41, 5.74) is 0. The zero-order valence-electron chi connectivity index (χ0n) is 8.83. The second-order valence-electron chi connectivity index (χ2n) is 2.69. The molecule has 0 saturated carbocycles. The topological polar surface area (TPSA) is 60.0 Å². The number of ether oxygens (including phenoxy) is 3. The van der Waals surface area contributed by atoms with Crippen LogP contribution in [0.25, 0.3) is 0 Å². The molecule has 5 nitrogen and oxygen atoms in total. The fourth-order valence-corrected chi connectivity index (χ4v) is 0.813. The quantitative estimate of drug-likeness (QED) is 0.436. The lowest BCUT2D eigenvalue weighted by Crippen LogP contribution is -2.23. The maximum atomic E-state index is 8.45. The predicted molar refractivity (Wildman–Crippen MR) is 53.5 cm³/mol. The molecule has 2 N–H and O–H groups in total. The van der Waals surface area contributed by atoms with Crippen molar-refractivity contribution in [3.8, 4) is 0 Å². The first-order chi connectivity index (χ1) is 6.91. The molecule has 0 aliphatic rings. The third-order valence-corrected chi connectivity index (χ3v) is 1.52. The van der Waals surface area contributed by atoms with Gasteiger partial charge in [-0.25, -0.2) is 0 Å². The Labute approximate surface area is 85.3 Å². The van der Waals surface area contributed by atoms with Gasteiger partial charge >= 0.3 is 0 Å². The van der Waals surface area contributed by atoms with E-state index in [-0.39, 0.29) is 6.61 Å². The van der Waals surface area contributed by atoms with Crippen LogP contribution < -0.4 is 5.32 Å². The molecule has 0 unspecified atom stereocenters. The van der Waals surface area contributed by atoms with E-state index < -0.39 is 0 Å². The van der Waals surface area contributed by atoms with E-state index in [2.05, 4.69) is 5.32 Å². The first-order valence-corrected chi connectivity index (χ1v) is 4.87. The van der Waals surface area contributed by atoms with E-state index in [0.29, 0.717) is 39.6 Å². The molecule has 0 aliphatic carbocycles. The number of hydrogen-bond donors (Lipinski definition) is 2. The molecule has 0 amide bonds. The van der Waals surface area contributed by atoms with Crippen LogP contribution in [-0.2, 0) is 14.2 Å². The second kappa shape index (κ2) is 12.8. The highest BCUT2D eigenvalue weighted by molar-refractivity contribution is 4.43. The highest BCUT2D eigenvalue weighted by Gasteiger charge is 1.89. The van der Waals surface area contributed by atoms with Crippen molar-refractivity contribution in [2.75, 3.05) is 59.8 Å². The molecule has 0 aliphatic heterocycles. The van der Waals surface area contributed by atoms with Gasteiger partial charge in [0.1, 0.15) is 0 Å². The maximum Gasteiger partial charge on any atom is 0.0701 e. The summed E-state index contributed by atoms with van der Waals surface area (Å²) in [4.78, 5) is 0. The highest BCUT2D eigenvalue weighted by Crippen LogP contribution is 1.78. The average molecular weight is 207 g/mol. The lowest BCUT2D eigenvalue weighted by Gasteiger charge is -2.05. The molecular formula is C9H21NO4. The van der Waals surface area contributed by atoms with E-state index in [1.54, 1.807) is 7.11 Å². The van der Waals surface area contributed by atoms with E-state index in [0.717, 1.165) is 6.54 Å². The largest absolute Gasteiger partial charge is 0.395 e. The van der Waals surface area contributed by atoms with Gasteiger partial charge in [0.2, 0.25) is 0 Å². The Morgan fingerprint density at radius 3 is 2.21 bits per heavy atom. The number of aliphatic hydroxyl groups excluding tert-OH is 1. The number of hydrogen-bond acceptors (Lipinski definition) is 5. The lowest BCUT2D eigenvalue weighted by molar-refractivity contribution is 0.0255. The number of rotatable bonds is 11. The summed E-state index contributed by atoms with van der Waals surface area (Å²) in [5.74, 6) is 0. The molecule has 5 heteroatoms. The average Bonchev–Trinajstić information content (AvgIpc) is 2.21. The summed E-state index contributed by atoms with van der Waals surface area (Å²) < 4.78 is 15.3. The molecule has 14 heavy (non-hydrogen) atoms. The molecule has 0 rings (SSSR count). The monoisotopic (exact) mass is 207 g/mol.